The van der Waals surface area contributed by atoms with E-state index in [2.05, 4.69) is 21.7 Å². The maximum atomic E-state index is 12.1. The molecule has 0 spiro atoms. The molecule has 0 atom stereocenters. The van der Waals surface area contributed by atoms with E-state index in [-0.39, 0.29) is 5.91 Å². The monoisotopic (exact) mass is 377 g/mol. The molecule has 0 bridgehead atoms. The highest BCUT2D eigenvalue weighted by molar-refractivity contribution is 5.94. The summed E-state index contributed by atoms with van der Waals surface area (Å²) in [4.78, 5) is 18.3. The first-order valence-corrected chi connectivity index (χ1v) is 9.35. The van der Waals surface area contributed by atoms with Crippen LogP contribution in [0.5, 0.6) is 0 Å². The van der Waals surface area contributed by atoms with E-state index in [9.17, 15) is 4.79 Å². The average molecular weight is 377 g/mol. The Labute approximate surface area is 166 Å². The Bertz CT molecular complexity index is 867. The molecular weight excluding hydrogens is 350 g/mol. The van der Waals surface area contributed by atoms with Gasteiger partial charge in [0, 0.05) is 32.7 Å². The fourth-order valence-electron chi connectivity index (χ4n) is 2.69. The van der Waals surface area contributed by atoms with Gasteiger partial charge in [-0.2, -0.15) is 5.26 Å². The van der Waals surface area contributed by atoms with Crippen molar-refractivity contribution >= 4 is 11.9 Å². The van der Waals surface area contributed by atoms with E-state index in [0.717, 1.165) is 30.1 Å². The van der Waals surface area contributed by atoms with E-state index >= 15 is 0 Å². The van der Waals surface area contributed by atoms with Crippen molar-refractivity contribution < 1.29 is 4.79 Å². The third kappa shape index (κ3) is 6.44. The molecule has 28 heavy (non-hydrogen) atoms. The van der Waals surface area contributed by atoms with Crippen LogP contribution in [0.3, 0.4) is 0 Å². The molecule has 0 aromatic heterocycles. The van der Waals surface area contributed by atoms with Gasteiger partial charge in [0.15, 0.2) is 5.96 Å². The highest BCUT2D eigenvalue weighted by Gasteiger charge is 2.08. The third-order valence-electron chi connectivity index (χ3n) is 4.11. The average Bonchev–Trinajstić information content (AvgIpc) is 2.71. The van der Waals surface area contributed by atoms with Gasteiger partial charge in [0.05, 0.1) is 18.2 Å². The molecule has 2 aromatic carbocycles. The molecule has 0 aliphatic heterocycles. The first kappa shape index (κ1) is 21.0. The standard InChI is InChI=1S/C22H27N5O/c1-4-24-22(26-16-19-9-5-8-18(13-19)15-23)25-12-11-17-7-6-10-20(14-17)21(28)27(2)3/h5-10,13-14H,4,11-12,16H2,1-3H3,(H2,24,25,26). The van der Waals surface area contributed by atoms with Crippen molar-refractivity contribution in [3.8, 4) is 6.07 Å². The molecule has 0 aliphatic rings. The summed E-state index contributed by atoms with van der Waals surface area (Å²) in [7, 11) is 3.50. The zero-order valence-corrected chi connectivity index (χ0v) is 16.7. The molecular formula is C22H27N5O. The number of nitrogens with one attached hydrogen (secondary N) is 2. The molecule has 0 saturated carbocycles. The zero-order chi connectivity index (χ0) is 20.4. The molecule has 146 valence electrons. The molecule has 2 rings (SSSR count). The van der Waals surface area contributed by atoms with Crippen molar-refractivity contribution in [2.45, 2.75) is 19.9 Å². The topological polar surface area (TPSA) is 80.5 Å². The summed E-state index contributed by atoms with van der Waals surface area (Å²) in [5.41, 5.74) is 3.42. The molecule has 6 nitrogen and oxygen atoms in total. The predicted octanol–water partition coefficient (Wildman–Crippen LogP) is 2.56. The minimum atomic E-state index is 0.00399. The molecule has 0 saturated heterocycles. The summed E-state index contributed by atoms with van der Waals surface area (Å²) in [6.45, 7) is 3.97. The molecule has 2 N–H and O–H groups in total. The Morgan fingerprint density at radius 2 is 1.86 bits per heavy atom. The van der Waals surface area contributed by atoms with Crippen LogP contribution in [0.1, 0.15) is 34.0 Å². The fourth-order valence-corrected chi connectivity index (χ4v) is 2.69. The first-order chi connectivity index (χ1) is 13.5. The molecule has 0 fully saturated rings. The Balaban J connectivity index is 1.95. The number of carbonyl (C=O) groups excluding carboxylic acids is 1. The van der Waals surface area contributed by atoms with Gasteiger partial charge in [0.1, 0.15) is 0 Å². The van der Waals surface area contributed by atoms with Gasteiger partial charge < -0.3 is 15.5 Å². The number of aliphatic imine (C=N–C) groups is 1. The zero-order valence-electron chi connectivity index (χ0n) is 16.7. The Hall–Kier alpha value is -3.33. The highest BCUT2D eigenvalue weighted by atomic mass is 16.2. The van der Waals surface area contributed by atoms with E-state index in [4.69, 9.17) is 5.26 Å². The van der Waals surface area contributed by atoms with Crippen LogP contribution in [0.25, 0.3) is 0 Å². The van der Waals surface area contributed by atoms with Gasteiger partial charge in [-0.3, -0.25) is 4.79 Å². The van der Waals surface area contributed by atoms with Gasteiger partial charge in [0.25, 0.3) is 5.91 Å². The van der Waals surface area contributed by atoms with Crippen LogP contribution in [0.2, 0.25) is 0 Å². The summed E-state index contributed by atoms with van der Waals surface area (Å²) in [6.07, 6.45) is 0.781. The van der Waals surface area contributed by atoms with Gasteiger partial charge in [-0.15, -0.1) is 0 Å². The SMILES string of the molecule is CCNC(=NCc1cccc(C#N)c1)NCCc1cccc(C(=O)N(C)C)c1. The number of hydrogen-bond acceptors (Lipinski definition) is 3. The number of rotatable bonds is 7. The van der Waals surface area contributed by atoms with E-state index in [0.29, 0.717) is 24.2 Å². The van der Waals surface area contributed by atoms with Crippen molar-refractivity contribution in [3.63, 3.8) is 0 Å². The van der Waals surface area contributed by atoms with Gasteiger partial charge in [-0.25, -0.2) is 4.99 Å². The van der Waals surface area contributed by atoms with Crippen LogP contribution < -0.4 is 10.6 Å². The summed E-state index contributed by atoms with van der Waals surface area (Å²) in [5, 5.41) is 15.5. The van der Waals surface area contributed by atoms with E-state index in [1.165, 1.54) is 0 Å². The second-order valence-electron chi connectivity index (χ2n) is 6.58. The second-order valence-corrected chi connectivity index (χ2v) is 6.58. The molecule has 2 aromatic rings. The number of carbonyl (C=O) groups is 1. The Kier molecular flexibility index (Phi) is 8.04. The minimum Gasteiger partial charge on any atom is -0.357 e. The lowest BCUT2D eigenvalue weighted by molar-refractivity contribution is 0.0827. The van der Waals surface area contributed by atoms with E-state index in [1.807, 2.05) is 49.4 Å². The number of nitriles is 1. The quantitative estimate of drug-likeness (QED) is 0.574. The predicted molar refractivity (Wildman–Crippen MR) is 112 cm³/mol. The number of amides is 1. The van der Waals surface area contributed by atoms with Crippen molar-refractivity contribution in [3.05, 3.63) is 70.8 Å². The number of nitrogens with zero attached hydrogens (tertiary/aromatic N) is 3. The summed E-state index contributed by atoms with van der Waals surface area (Å²) in [6, 6.07) is 17.3. The molecule has 6 heteroatoms. The summed E-state index contributed by atoms with van der Waals surface area (Å²) >= 11 is 0. The normalized spacial score (nSPS) is 10.9. The number of guanidine groups is 1. The maximum Gasteiger partial charge on any atom is 0.253 e. The van der Waals surface area contributed by atoms with Crippen LogP contribution in [-0.2, 0) is 13.0 Å². The van der Waals surface area contributed by atoms with Gasteiger partial charge >= 0.3 is 0 Å². The molecule has 0 radical (unpaired) electrons. The molecule has 0 unspecified atom stereocenters. The van der Waals surface area contributed by atoms with Gasteiger partial charge in [0.2, 0.25) is 0 Å². The van der Waals surface area contributed by atoms with Crippen LogP contribution in [0.15, 0.2) is 53.5 Å². The highest BCUT2D eigenvalue weighted by Crippen LogP contribution is 2.08. The third-order valence-corrected chi connectivity index (χ3v) is 4.11. The van der Waals surface area contributed by atoms with Gasteiger partial charge in [-0.05, 0) is 48.7 Å². The van der Waals surface area contributed by atoms with Crippen molar-refractivity contribution in [1.82, 2.24) is 15.5 Å². The smallest absolute Gasteiger partial charge is 0.253 e. The molecule has 0 heterocycles. The lowest BCUT2D eigenvalue weighted by Gasteiger charge is -2.13. The lowest BCUT2D eigenvalue weighted by Crippen LogP contribution is -2.38. The van der Waals surface area contributed by atoms with Crippen LogP contribution in [0.4, 0.5) is 0 Å². The minimum absolute atomic E-state index is 0.00399. The number of benzene rings is 2. The van der Waals surface area contributed by atoms with E-state index < -0.39 is 0 Å². The number of hydrogen-bond donors (Lipinski definition) is 2. The first-order valence-electron chi connectivity index (χ1n) is 9.35. The van der Waals surface area contributed by atoms with Crippen LogP contribution in [0, 0.1) is 11.3 Å². The van der Waals surface area contributed by atoms with E-state index in [1.54, 1.807) is 25.1 Å². The fraction of sp³-hybridized carbons (Fsp3) is 0.318. The maximum absolute atomic E-state index is 12.1. The van der Waals surface area contributed by atoms with Crippen LogP contribution in [-0.4, -0.2) is 44.0 Å². The Morgan fingerprint density at radius 3 is 2.57 bits per heavy atom. The second kappa shape index (κ2) is 10.7. The Morgan fingerprint density at radius 1 is 1.11 bits per heavy atom. The summed E-state index contributed by atoms with van der Waals surface area (Å²) < 4.78 is 0. The summed E-state index contributed by atoms with van der Waals surface area (Å²) in [5.74, 6) is 0.731. The molecule has 1 amide bonds. The van der Waals surface area contributed by atoms with Crippen molar-refractivity contribution in [2.24, 2.45) is 4.99 Å². The lowest BCUT2D eigenvalue weighted by atomic mass is 10.1. The largest absolute Gasteiger partial charge is 0.357 e. The van der Waals surface area contributed by atoms with Gasteiger partial charge in [-0.1, -0.05) is 24.3 Å². The van der Waals surface area contributed by atoms with Crippen LogP contribution >= 0.6 is 0 Å². The van der Waals surface area contributed by atoms with Crippen molar-refractivity contribution in [2.75, 3.05) is 27.2 Å². The van der Waals surface area contributed by atoms with Crippen molar-refractivity contribution in [1.29, 1.82) is 5.26 Å². The molecule has 0 aliphatic carbocycles.